The van der Waals surface area contributed by atoms with Gasteiger partial charge in [0, 0.05) is 0 Å². The number of esters is 1. The standard InChI is InChI=1S/C13H23NO2/c1-9-7-10-5-4-6-11(8-10)13(9,14-2)12(15)16-3/h9-11,14H,4-8H2,1-3H3. The zero-order chi connectivity index (χ0) is 11.8. The molecule has 1 N–H and O–H groups in total. The van der Waals surface area contributed by atoms with Gasteiger partial charge in [-0.3, -0.25) is 4.79 Å². The Bertz CT molecular complexity index is 277. The number of rotatable bonds is 2. The van der Waals surface area contributed by atoms with Gasteiger partial charge >= 0.3 is 5.97 Å². The zero-order valence-corrected chi connectivity index (χ0v) is 10.6. The normalized spacial score (nSPS) is 42.8. The fraction of sp³-hybridized carbons (Fsp3) is 0.923. The van der Waals surface area contributed by atoms with Crippen LogP contribution in [0.3, 0.4) is 0 Å². The maximum atomic E-state index is 12.1. The first kappa shape index (κ1) is 11.9. The van der Waals surface area contributed by atoms with Crippen LogP contribution in [0.2, 0.25) is 0 Å². The highest BCUT2D eigenvalue weighted by molar-refractivity contribution is 5.82. The Hall–Kier alpha value is -0.570. The van der Waals surface area contributed by atoms with Crippen molar-refractivity contribution < 1.29 is 9.53 Å². The Morgan fingerprint density at radius 1 is 1.38 bits per heavy atom. The van der Waals surface area contributed by atoms with E-state index in [2.05, 4.69) is 12.2 Å². The highest BCUT2D eigenvalue weighted by atomic mass is 16.5. The van der Waals surface area contributed by atoms with Gasteiger partial charge in [-0.2, -0.15) is 0 Å². The molecule has 3 heteroatoms. The smallest absolute Gasteiger partial charge is 0.326 e. The molecule has 0 amide bonds. The second kappa shape index (κ2) is 4.36. The van der Waals surface area contributed by atoms with Gasteiger partial charge in [0.1, 0.15) is 5.54 Å². The lowest BCUT2D eigenvalue weighted by Gasteiger charge is -2.51. The molecule has 2 saturated carbocycles. The molecule has 2 bridgehead atoms. The minimum Gasteiger partial charge on any atom is -0.468 e. The third kappa shape index (κ3) is 1.56. The topological polar surface area (TPSA) is 38.3 Å². The number of likely N-dealkylation sites (N-methyl/N-ethyl adjacent to an activating group) is 1. The first-order valence-electron chi connectivity index (χ1n) is 6.42. The summed E-state index contributed by atoms with van der Waals surface area (Å²) in [7, 11) is 3.41. The molecule has 2 aliphatic rings. The molecule has 2 aliphatic carbocycles. The number of fused-ring (bicyclic) bond motifs is 2. The summed E-state index contributed by atoms with van der Waals surface area (Å²) in [6.07, 6.45) is 6.13. The molecule has 0 radical (unpaired) electrons. The van der Waals surface area contributed by atoms with Crippen molar-refractivity contribution in [2.75, 3.05) is 14.2 Å². The van der Waals surface area contributed by atoms with Gasteiger partial charge in [-0.25, -0.2) is 0 Å². The average Bonchev–Trinajstić information content (AvgIpc) is 2.29. The molecule has 92 valence electrons. The van der Waals surface area contributed by atoms with Gasteiger partial charge < -0.3 is 10.1 Å². The van der Waals surface area contributed by atoms with Gasteiger partial charge in [-0.1, -0.05) is 19.8 Å². The number of carbonyl (C=O) groups excluding carboxylic acids is 1. The number of ether oxygens (including phenoxy) is 1. The van der Waals surface area contributed by atoms with E-state index in [-0.39, 0.29) is 5.97 Å². The quantitative estimate of drug-likeness (QED) is 0.730. The molecule has 0 heterocycles. The van der Waals surface area contributed by atoms with E-state index in [0.29, 0.717) is 11.8 Å². The summed E-state index contributed by atoms with van der Waals surface area (Å²) in [4.78, 5) is 12.1. The average molecular weight is 225 g/mol. The molecule has 3 nitrogen and oxygen atoms in total. The van der Waals surface area contributed by atoms with Crippen LogP contribution in [-0.2, 0) is 9.53 Å². The van der Waals surface area contributed by atoms with Crippen molar-refractivity contribution in [1.82, 2.24) is 5.32 Å². The van der Waals surface area contributed by atoms with Gasteiger partial charge in [-0.05, 0) is 44.1 Å². The van der Waals surface area contributed by atoms with Crippen molar-refractivity contribution in [2.24, 2.45) is 17.8 Å². The molecule has 4 atom stereocenters. The number of hydrogen-bond donors (Lipinski definition) is 1. The van der Waals surface area contributed by atoms with Crippen LogP contribution in [0, 0.1) is 17.8 Å². The highest BCUT2D eigenvalue weighted by Gasteiger charge is 2.54. The Morgan fingerprint density at radius 2 is 2.12 bits per heavy atom. The predicted octanol–water partition coefficient (Wildman–Crippen LogP) is 1.96. The Labute approximate surface area is 97.9 Å². The lowest BCUT2D eigenvalue weighted by Crippen LogP contribution is -2.64. The number of carbonyl (C=O) groups is 1. The van der Waals surface area contributed by atoms with E-state index in [1.165, 1.54) is 26.4 Å². The molecule has 0 aliphatic heterocycles. The van der Waals surface area contributed by atoms with Crippen LogP contribution in [0.1, 0.15) is 39.0 Å². The van der Waals surface area contributed by atoms with Gasteiger partial charge in [-0.15, -0.1) is 0 Å². The maximum absolute atomic E-state index is 12.1. The maximum Gasteiger partial charge on any atom is 0.326 e. The summed E-state index contributed by atoms with van der Waals surface area (Å²) in [5, 5.41) is 3.30. The number of hydrogen-bond acceptors (Lipinski definition) is 3. The Morgan fingerprint density at radius 3 is 2.75 bits per heavy atom. The van der Waals surface area contributed by atoms with E-state index in [1.54, 1.807) is 0 Å². The van der Waals surface area contributed by atoms with Gasteiger partial charge in [0.25, 0.3) is 0 Å². The van der Waals surface area contributed by atoms with E-state index in [0.717, 1.165) is 18.8 Å². The molecule has 0 saturated heterocycles. The second-order valence-corrected chi connectivity index (χ2v) is 5.48. The van der Waals surface area contributed by atoms with Crippen LogP contribution in [-0.4, -0.2) is 25.7 Å². The van der Waals surface area contributed by atoms with Crippen LogP contribution in [0.15, 0.2) is 0 Å². The molecule has 0 aromatic carbocycles. The zero-order valence-electron chi connectivity index (χ0n) is 10.6. The van der Waals surface area contributed by atoms with Crippen molar-refractivity contribution in [2.45, 2.75) is 44.6 Å². The number of nitrogens with one attached hydrogen (secondary N) is 1. The van der Waals surface area contributed by atoms with E-state index >= 15 is 0 Å². The van der Waals surface area contributed by atoms with E-state index in [1.807, 2.05) is 7.05 Å². The highest BCUT2D eigenvalue weighted by Crippen LogP contribution is 2.48. The molecule has 4 unspecified atom stereocenters. The van der Waals surface area contributed by atoms with E-state index in [9.17, 15) is 4.79 Å². The van der Waals surface area contributed by atoms with Crippen molar-refractivity contribution in [3.05, 3.63) is 0 Å². The summed E-state index contributed by atoms with van der Waals surface area (Å²) in [5.74, 6) is 1.62. The second-order valence-electron chi connectivity index (χ2n) is 5.48. The Balaban J connectivity index is 2.30. The Kier molecular flexibility index (Phi) is 3.24. The minimum absolute atomic E-state index is 0.0622. The lowest BCUT2D eigenvalue weighted by atomic mass is 9.58. The molecular weight excluding hydrogens is 202 g/mol. The molecule has 16 heavy (non-hydrogen) atoms. The fourth-order valence-electron chi connectivity index (χ4n) is 4.10. The summed E-state index contributed by atoms with van der Waals surface area (Å²) in [5.41, 5.74) is -0.425. The largest absolute Gasteiger partial charge is 0.468 e. The molecule has 0 aromatic rings. The molecule has 0 aromatic heterocycles. The minimum atomic E-state index is -0.425. The third-order valence-corrected chi connectivity index (χ3v) is 4.83. The predicted molar refractivity (Wildman–Crippen MR) is 63.0 cm³/mol. The van der Waals surface area contributed by atoms with Crippen LogP contribution in [0.5, 0.6) is 0 Å². The third-order valence-electron chi connectivity index (χ3n) is 4.83. The van der Waals surface area contributed by atoms with Gasteiger partial charge in [0.15, 0.2) is 0 Å². The SMILES string of the molecule is CNC1(C(=O)OC)C(C)CC2CCCC1C2. The molecular formula is C13H23NO2. The van der Waals surface area contributed by atoms with Crippen molar-refractivity contribution >= 4 is 5.97 Å². The summed E-state index contributed by atoms with van der Waals surface area (Å²) >= 11 is 0. The molecule has 2 fully saturated rings. The fourth-order valence-corrected chi connectivity index (χ4v) is 4.10. The van der Waals surface area contributed by atoms with Crippen molar-refractivity contribution in [3.8, 4) is 0 Å². The van der Waals surface area contributed by atoms with E-state index < -0.39 is 5.54 Å². The van der Waals surface area contributed by atoms with Crippen LogP contribution in [0.4, 0.5) is 0 Å². The molecule has 2 rings (SSSR count). The van der Waals surface area contributed by atoms with Crippen LogP contribution >= 0.6 is 0 Å². The first-order chi connectivity index (χ1) is 7.65. The monoisotopic (exact) mass is 225 g/mol. The first-order valence-corrected chi connectivity index (χ1v) is 6.42. The van der Waals surface area contributed by atoms with Crippen molar-refractivity contribution in [1.29, 1.82) is 0 Å². The molecule has 0 spiro atoms. The van der Waals surface area contributed by atoms with Gasteiger partial charge in [0.2, 0.25) is 0 Å². The van der Waals surface area contributed by atoms with Crippen molar-refractivity contribution in [3.63, 3.8) is 0 Å². The van der Waals surface area contributed by atoms with E-state index in [4.69, 9.17) is 4.74 Å². The van der Waals surface area contributed by atoms with Gasteiger partial charge in [0.05, 0.1) is 7.11 Å². The van der Waals surface area contributed by atoms with Crippen LogP contribution in [0.25, 0.3) is 0 Å². The summed E-state index contributed by atoms with van der Waals surface area (Å²) in [6.45, 7) is 2.19. The summed E-state index contributed by atoms with van der Waals surface area (Å²) in [6, 6.07) is 0. The summed E-state index contributed by atoms with van der Waals surface area (Å²) < 4.78 is 5.04. The lowest BCUT2D eigenvalue weighted by molar-refractivity contribution is -0.158. The van der Waals surface area contributed by atoms with Crippen LogP contribution < -0.4 is 5.32 Å². The number of methoxy groups -OCH3 is 1.